The van der Waals surface area contributed by atoms with Crippen molar-refractivity contribution in [1.82, 2.24) is 0 Å². The molecule has 0 aromatic heterocycles. The predicted molar refractivity (Wildman–Crippen MR) is 87.4 cm³/mol. The van der Waals surface area contributed by atoms with E-state index in [4.69, 9.17) is 9.47 Å². The summed E-state index contributed by atoms with van der Waals surface area (Å²) in [5.74, 6) is 1.56. The van der Waals surface area contributed by atoms with Gasteiger partial charge in [0.2, 0.25) is 0 Å². The molecule has 0 heterocycles. The molecule has 0 saturated carbocycles. The van der Waals surface area contributed by atoms with E-state index in [1.165, 1.54) is 16.7 Å². The second-order valence-electron chi connectivity index (χ2n) is 5.09. The molecule has 2 aromatic carbocycles. The zero-order valence-corrected chi connectivity index (χ0v) is 13.2. The number of nitrogens with one attached hydrogen (secondary N) is 1. The summed E-state index contributed by atoms with van der Waals surface area (Å²) in [5.41, 5.74) is 4.86. The van der Waals surface area contributed by atoms with Crippen LogP contribution in [-0.4, -0.2) is 13.7 Å². The number of aryl methyl sites for hydroxylation is 2. The molecule has 21 heavy (non-hydrogen) atoms. The molecule has 112 valence electrons. The normalized spacial score (nSPS) is 10.3. The first kappa shape index (κ1) is 15.2. The van der Waals surface area contributed by atoms with Gasteiger partial charge in [0, 0.05) is 12.2 Å². The molecule has 0 amide bonds. The van der Waals surface area contributed by atoms with Crippen molar-refractivity contribution in [3.63, 3.8) is 0 Å². The van der Waals surface area contributed by atoms with Crippen molar-refractivity contribution in [2.45, 2.75) is 27.3 Å². The van der Waals surface area contributed by atoms with Crippen molar-refractivity contribution in [3.8, 4) is 11.5 Å². The molecule has 0 atom stereocenters. The fourth-order valence-electron chi connectivity index (χ4n) is 2.31. The van der Waals surface area contributed by atoms with E-state index >= 15 is 0 Å². The second kappa shape index (κ2) is 7.02. The van der Waals surface area contributed by atoms with Gasteiger partial charge in [-0.3, -0.25) is 0 Å². The lowest BCUT2D eigenvalue weighted by Gasteiger charge is -2.13. The van der Waals surface area contributed by atoms with E-state index in [2.05, 4.69) is 43.4 Å². The third-order valence-corrected chi connectivity index (χ3v) is 3.39. The molecular formula is C18H23NO2. The van der Waals surface area contributed by atoms with Gasteiger partial charge in [0.1, 0.15) is 0 Å². The number of hydrogen-bond acceptors (Lipinski definition) is 3. The van der Waals surface area contributed by atoms with E-state index in [1.807, 2.05) is 19.1 Å². The molecule has 0 spiro atoms. The van der Waals surface area contributed by atoms with Crippen LogP contribution in [0.25, 0.3) is 0 Å². The number of rotatable bonds is 6. The van der Waals surface area contributed by atoms with Crippen LogP contribution >= 0.6 is 0 Å². The van der Waals surface area contributed by atoms with Gasteiger partial charge in [-0.25, -0.2) is 0 Å². The first-order chi connectivity index (χ1) is 10.1. The molecule has 2 rings (SSSR count). The Labute approximate surface area is 126 Å². The van der Waals surface area contributed by atoms with Gasteiger partial charge >= 0.3 is 0 Å². The Kier molecular flexibility index (Phi) is 5.09. The van der Waals surface area contributed by atoms with E-state index in [0.717, 1.165) is 23.7 Å². The first-order valence-corrected chi connectivity index (χ1v) is 7.25. The first-order valence-electron chi connectivity index (χ1n) is 7.25. The minimum Gasteiger partial charge on any atom is -0.493 e. The molecule has 3 heteroatoms. The summed E-state index contributed by atoms with van der Waals surface area (Å²) in [7, 11) is 1.66. The van der Waals surface area contributed by atoms with Gasteiger partial charge in [0.15, 0.2) is 11.5 Å². The molecule has 1 N–H and O–H groups in total. The Morgan fingerprint density at radius 2 is 1.81 bits per heavy atom. The highest BCUT2D eigenvalue weighted by Gasteiger charge is 2.06. The highest BCUT2D eigenvalue weighted by Crippen LogP contribution is 2.28. The van der Waals surface area contributed by atoms with Crippen molar-refractivity contribution >= 4 is 5.69 Å². The van der Waals surface area contributed by atoms with E-state index in [-0.39, 0.29) is 0 Å². The van der Waals surface area contributed by atoms with Gasteiger partial charge in [0.05, 0.1) is 13.7 Å². The van der Waals surface area contributed by atoms with Crippen molar-refractivity contribution in [2.24, 2.45) is 0 Å². The lowest BCUT2D eigenvalue weighted by atomic mass is 10.1. The Morgan fingerprint density at radius 1 is 1.00 bits per heavy atom. The Morgan fingerprint density at radius 3 is 2.48 bits per heavy atom. The lowest BCUT2D eigenvalue weighted by Crippen LogP contribution is -2.02. The SMILES string of the molecule is CCOc1cc(CNc2ccc(C)cc2C)ccc1OC. The van der Waals surface area contributed by atoms with Crippen LogP contribution in [0.3, 0.4) is 0 Å². The third kappa shape index (κ3) is 3.91. The standard InChI is InChI=1S/C18H23NO2/c1-5-21-18-11-15(7-9-17(18)20-4)12-19-16-8-6-13(2)10-14(16)3/h6-11,19H,5,12H2,1-4H3. The van der Waals surface area contributed by atoms with Gasteiger partial charge in [-0.2, -0.15) is 0 Å². The van der Waals surface area contributed by atoms with Crippen LogP contribution in [0, 0.1) is 13.8 Å². The third-order valence-electron chi connectivity index (χ3n) is 3.39. The van der Waals surface area contributed by atoms with Crippen molar-refractivity contribution in [3.05, 3.63) is 53.1 Å². The van der Waals surface area contributed by atoms with E-state index < -0.39 is 0 Å². The quantitative estimate of drug-likeness (QED) is 0.857. The minimum atomic E-state index is 0.629. The van der Waals surface area contributed by atoms with Gasteiger partial charge in [0.25, 0.3) is 0 Å². The molecule has 0 fully saturated rings. The van der Waals surface area contributed by atoms with Gasteiger partial charge < -0.3 is 14.8 Å². The number of methoxy groups -OCH3 is 1. The summed E-state index contributed by atoms with van der Waals surface area (Å²) in [6.07, 6.45) is 0. The smallest absolute Gasteiger partial charge is 0.161 e. The fraction of sp³-hybridized carbons (Fsp3) is 0.333. The summed E-state index contributed by atoms with van der Waals surface area (Å²) in [6, 6.07) is 12.5. The number of ether oxygens (including phenoxy) is 2. The molecular weight excluding hydrogens is 262 g/mol. The maximum Gasteiger partial charge on any atom is 0.161 e. The largest absolute Gasteiger partial charge is 0.493 e. The molecule has 2 aromatic rings. The summed E-state index contributed by atoms with van der Waals surface area (Å²) in [6.45, 7) is 7.59. The number of hydrogen-bond donors (Lipinski definition) is 1. The second-order valence-corrected chi connectivity index (χ2v) is 5.09. The van der Waals surface area contributed by atoms with Gasteiger partial charge in [-0.1, -0.05) is 23.8 Å². The predicted octanol–water partition coefficient (Wildman–Crippen LogP) is 4.32. The Balaban J connectivity index is 2.10. The molecule has 0 saturated heterocycles. The molecule has 0 unspecified atom stereocenters. The maximum absolute atomic E-state index is 5.61. The minimum absolute atomic E-state index is 0.629. The summed E-state index contributed by atoms with van der Waals surface area (Å²) < 4.78 is 10.9. The molecule has 0 aliphatic heterocycles. The molecule has 0 aliphatic rings. The number of benzene rings is 2. The summed E-state index contributed by atoms with van der Waals surface area (Å²) in [5, 5.41) is 3.47. The highest BCUT2D eigenvalue weighted by molar-refractivity contribution is 5.53. The monoisotopic (exact) mass is 285 g/mol. The highest BCUT2D eigenvalue weighted by atomic mass is 16.5. The topological polar surface area (TPSA) is 30.5 Å². The van der Waals surface area contributed by atoms with Crippen LogP contribution in [0.5, 0.6) is 11.5 Å². The van der Waals surface area contributed by atoms with Crippen molar-refractivity contribution < 1.29 is 9.47 Å². The van der Waals surface area contributed by atoms with E-state index in [0.29, 0.717) is 6.61 Å². The number of anilines is 1. The molecule has 0 radical (unpaired) electrons. The van der Waals surface area contributed by atoms with Crippen LogP contribution in [0.1, 0.15) is 23.6 Å². The van der Waals surface area contributed by atoms with Crippen LogP contribution in [-0.2, 0) is 6.54 Å². The van der Waals surface area contributed by atoms with E-state index in [1.54, 1.807) is 7.11 Å². The van der Waals surface area contributed by atoms with Crippen LogP contribution in [0.2, 0.25) is 0 Å². The zero-order valence-electron chi connectivity index (χ0n) is 13.2. The van der Waals surface area contributed by atoms with Crippen LogP contribution < -0.4 is 14.8 Å². The van der Waals surface area contributed by atoms with Gasteiger partial charge in [-0.05, 0) is 50.1 Å². The van der Waals surface area contributed by atoms with Crippen molar-refractivity contribution in [2.75, 3.05) is 19.0 Å². The average Bonchev–Trinajstić information content (AvgIpc) is 2.47. The molecule has 0 bridgehead atoms. The fourth-order valence-corrected chi connectivity index (χ4v) is 2.31. The maximum atomic E-state index is 5.61. The van der Waals surface area contributed by atoms with Crippen LogP contribution in [0.4, 0.5) is 5.69 Å². The average molecular weight is 285 g/mol. The summed E-state index contributed by atoms with van der Waals surface area (Å²) in [4.78, 5) is 0. The molecule has 3 nitrogen and oxygen atoms in total. The molecule has 0 aliphatic carbocycles. The van der Waals surface area contributed by atoms with Crippen LogP contribution in [0.15, 0.2) is 36.4 Å². The van der Waals surface area contributed by atoms with E-state index in [9.17, 15) is 0 Å². The van der Waals surface area contributed by atoms with Gasteiger partial charge in [-0.15, -0.1) is 0 Å². The summed E-state index contributed by atoms with van der Waals surface area (Å²) >= 11 is 0. The van der Waals surface area contributed by atoms with Crippen molar-refractivity contribution in [1.29, 1.82) is 0 Å². The Hall–Kier alpha value is -2.16. The lowest BCUT2D eigenvalue weighted by molar-refractivity contribution is 0.310. The Bertz CT molecular complexity index is 608. The zero-order chi connectivity index (χ0) is 15.2.